The van der Waals surface area contributed by atoms with Gasteiger partial charge in [-0.3, -0.25) is 19.3 Å². The second kappa shape index (κ2) is 8.02. The van der Waals surface area contributed by atoms with Crippen LogP contribution in [0.4, 0.5) is 0 Å². The molecule has 0 radical (unpaired) electrons. The maximum absolute atomic E-state index is 12.2. The molecule has 0 aromatic rings. The normalized spacial score (nSPS) is 15.3. The van der Waals surface area contributed by atoms with Crippen molar-refractivity contribution in [3.05, 3.63) is 0 Å². The van der Waals surface area contributed by atoms with Gasteiger partial charge in [0.25, 0.3) is 0 Å². The Morgan fingerprint density at radius 3 is 2.15 bits per heavy atom. The Hall–Kier alpha value is -1.39. The van der Waals surface area contributed by atoms with E-state index in [2.05, 4.69) is 13.8 Å². The third-order valence-corrected chi connectivity index (χ3v) is 4.07. The molecule has 20 heavy (non-hydrogen) atoms. The summed E-state index contributed by atoms with van der Waals surface area (Å²) in [5.74, 6) is 0.262. The van der Waals surface area contributed by atoms with Gasteiger partial charge in [-0.05, 0) is 12.8 Å². The molecule has 0 aromatic heterocycles. The van der Waals surface area contributed by atoms with Crippen molar-refractivity contribution < 1.29 is 14.4 Å². The van der Waals surface area contributed by atoms with Crippen molar-refractivity contribution in [3.63, 3.8) is 0 Å². The summed E-state index contributed by atoms with van der Waals surface area (Å²) in [6.45, 7) is 7.91. The average Bonchev–Trinajstić information content (AvgIpc) is 2.77. The van der Waals surface area contributed by atoms with Crippen molar-refractivity contribution in [2.24, 2.45) is 5.92 Å². The first-order valence-corrected chi connectivity index (χ1v) is 7.64. The highest BCUT2D eigenvalue weighted by Crippen LogP contribution is 2.14. The summed E-state index contributed by atoms with van der Waals surface area (Å²) in [5, 5.41) is 0. The number of hydrogen-bond donors (Lipinski definition) is 0. The second-order valence-electron chi connectivity index (χ2n) is 5.30. The predicted octanol–water partition coefficient (Wildman–Crippen LogP) is 1.81. The molecule has 3 amide bonds. The van der Waals surface area contributed by atoms with Gasteiger partial charge in [0.1, 0.15) is 0 Å². The first kappa shape index (κ1) is 16.7. The van der Waals surface area contributed by atoms with Crippen LogP contribution < -0.4 is 0 Å². The molecule has 0 saturated carbocycles. The molecule has 1 saturated heterocycles. The van der Waals surface area contributed by atoms with Crippen molar-refractivity contribution >= 4 is 17.7 Å². The summed E-state index contributed by atoms with van der Waals surface area (Å²) in [5.41, 5.74) is 0. The lowest BCUT2D eigenvalue weighted by atomic mass is 10.0. The van der Waals surface area contributed by atoms with E-state index in [0.29, 0.717) is 12.5 Å². The molecule has 5 heteroatoms. The van der Waals surface area contributed by atoms with E-state index in [1.807, 2.05) is 11.8 Å². The second-order valence-corrected chi connectivity index (χ2v) is 5.30. The molecule has 0 spiro atoms. The summed E-state index contributed by atoms with van der Waals surface area (Å²) in [4.78, 5) is 38.2. The van der Waals surface area contributed by atoms with Crippen molar-refractivity contribution in [3.8, 4) is 0 Å². The van der Waals surface area contributed by atoms with E-state index < -0.39 is 0 Å². The van der Waals surface area contributed by atoms with Gasteiger partial charge >= 0.3 is 0 Å². The molecule has 114 valence electrons. The van der Waals surface area contributed by atoms with Crippen LogP contribution in [0.25, 0.3) is 0 Å². The van der Waals surface area contributed by atoms with Crippen LogP contribution >= 0.6 is 0 Å². The van der Waals surface area contributed by atoms with Crippen LogP contribution in [0.15, 0.2) is 0 Å². The zero-order chi connectivity index (χ0) is 15.1. The molecule has 1 aliphatic heterocycles. The summed E-state index contributed by atoms with van der Waals surface area (Å²) in [7, 11) is 0. The van der Waals surface area contributed by atoms with E-state index in [1.165, 1.54) is 4.90 Å². The maximum Gasteiger partial charge on any atom is 0.229 e. The van der Waals surface area contributed by atoms with Crippen LogP contribution in [0.5, 0.6) is 0 Å². The number of nitrogens with zero attached hydrogens (tertiary/aromatic N) is 2. The molecule has 1 rings (SSSR count). The molecule has 1 fully saturated rings. The Morgan fingerprint density at radius 1 is 1.15 bits per heavy atom. The van der Waals surface area contributed by atoms with Gasteiger partial charge in [0.05, 0.1) is 0 Å². The number of rotatable bonds is 8. The number of likely N-dealkylation sites (tertiary alicyclic amines) is 1. The van der Waals surface area contributed by atoms with Crippen molar-refractivity contribution in [1.82, 2.24) is 9.80 Å². The van der Waals surface area contributed by atoms with Gasteiger partial charge in [-0.1, -0.05) is 26.7 Å². The molecule has 0 aliphatic carbocycles. The lowest BCUT2D eigenvalue weighted by Crippen LogP contribution is -2.38. The lowest BCUT2D eigenvalue weighted by Gasteiger charge is -2.26. The molecule has 1 aliphatic rings. The van der Waals surface area contributed by atoms with Crippen molar-refractivity contribution in [2.75, 3.05) is 19.6 Å². The zero-order valence-corrected chi connectivity index (χ0v) is 12.9. The van der Waals surface area contributed by atoms with Gasteiger partial charge < -0.3 is 4.90 Å². The monoisotopic (exact) mass is 282 g/mol. The van der Waals surface area contributed by atoms with E-state index >= 15 is 0 Å². The Labute approximate surface area is 121 Å². The van der Waals surface area contributed by atoms with E-state index in [4.69, 9.17) is 0 Å². The van der Waals surface area contributed by atoms with Crippen LogP contribution in [0.1, 0.15) is 52.9 Å². The van der Waals surface area contributed by atoms with Gasteiger partial charge in [-0.15, -0.1) is 0 Å². The summed E-state index contributed by atoms with van der Waals surface area (Å²) in [6, 6.07) is 0. The van der Waals surface area contributed by atoms with Gasteiger partial charge in [-0.2, -0.15) is 0 Å². The lowest BCUT2D eigenvalue weighted by molar-refractivity contribution is -0.139. The summed E-state index contributed by atoms with van der Waals surface area (Å²) < 4.78 is 0. The molecule has 0 aromatic carbocycles. The van der Waals surface area contributed by atoms with E-state index in [1.54, 1.807) is 0 Å². The quantitative estimate of drug-likeness (QED) is 0.638. The van der Waals surface area contributed by atoms with E-state index in [0.717, 1.165) is 19.4 Å². The first-order valence-electron chi connectivity index (χ1n) is 7.64. The topological polar surface area (TPSA) is 57.7 Å². The Kier molecular flexibility index (Phi) is 6.68. The SMILES string of the molecule is CCC(CC)CN(CC)C(=O)CCN1C(=O)CCC1=O. The largest absolute Gasteiger partial charge is 0.343 e. The molecule has 0 atom stereocenters. The first-order chi connectivity index (χ1) is 9.53. The maximum atomic E-state index is 12.2. The van der Waals surface area contributed by atoms with Crippen LogP contribution in [0.2, 0.25) is 0 Å². The molecular formula is C15H26N2O3. The fourth-order valence-corrected chi connectivity index (χ4v) is 2.50. The Morgan fingerprint density at radius 2 is 1.70 bits per heavy atom. The van der Waals surface area contributed by atoms with Gasteiger partial charge in [-0.25, -0.2) is 0 Å². The minimum Gasteiger partial charge on any atom is -0.343 e. The van der Waals surface area contributed by atoms with Crippen LogP contribution in [0.3, 0.4) is 0 Å². The zero-order valence-electron chi connectivity index (χ0n) is 12.9. The highest BCUT2D eigenvalue weighted by atomic mass is 16.2. The minimum absolute atomic E-state index is 0.0342. The molecule has 0 unspecified atom stereocenters. The highest BCUT2D eigenvalue weighted by molar-refractivity contribution is 6.02. The highest BCUT2D eigenvalue weighted by Gasteiger charge is 2.29. The predicted molar refractivity (Wildman–Crippen MR) is 76.9 cm³/mol. The van der Waals surface area contributed by atoms with Gasteiger partial charge in [0.15, 0.2) is 0 Å². The third-order valence-electron chi connectivity index (χ3n) is 4.07. The van der Waals surface area contributed by atoms with Crippen LogP contribution in [-0.2, 0) is 14.4 Å². The number of carbonyl (C=O) groups is 3. The molecule has 1 heterocycles. The third kappa shape index (κ3) is 4.32. The Bertz CT molecular complexity index is 348. The average molecular weight is 282 g/mol. The standard InChI is InChI=1S/C15H26N2O3/c1-4-12(5-2)11-16(6-3)13(18)9-10-17-14(19)7-8-15(17)20/h12H,4-11H2,1-3H3. The molecule has 5 nitrogen and oxygen atoms in total. The van der Waals surface area contributed by atoms with Crippen LogP contribution in [-0.4, -0.2) is 47.2 Å². The molecule has 0 N–H and O–H groups in total. The smallest absolute Gasteiger partial charge is 0.229 e. The van der Waals surface area contributed by atoms with Crippen LogP contribution in [0, 0.1) is 5.92 Å². The fraction of sp³-hybridized carbons (Fsp3) is 0.800. The summed E-state index contributed by atoms with van der Waals surface area (Å²) in [6.07, 6.45) is 2.94. The fourth-order valence-electron chi connectivity index (χ4n) is 2.50. The number of hydrogen-bond acceptors (Lipinski definition) is 3. The van der Waals surface area contributed by atoms with Gasteiger partial charge in [0.2, 0.25) is 17.7 Å². The Balaban J connectivity index is 2.47. The number of carbonyl (C=O) groups excluding carboxylic acids is 3. The van der Waals surface area contributed by atoms with Crippen molar-refractivity contribution in [1.29, 1.82) is 0 Å². The van der Waals surface area contributed by atoms with Gasteiger partial charge in [0, 0.05) is 38.9 Å². The number of imide groups is 1. The van der Waals surface area contributed by atoms with E-state index in [9.17, 15) is 14.4 Å². The number of amides is 3. The van der Waals surface area contributed by atoms with Crippen molar-refractivity contribution in [2.45, 2.75) is 52.9 Å². The molecular weight excluding hydrogens is 256 g/mol. The van der Waals surface area contributed by atoms with E-state index in [-0.39, 0.29) is 43.5 Å². The molecule has 0 bridgehead atoms. The summed E-state index contributed by atoms with van der Waals surface area (Å²) >= 11 is 0. The minimum atomic E-state index is -0.147.